The van der Waals surface area contributed by atoms with Crippen LogP contribution >= 0.6 is 0 Å². The van der Waals surface area contributed by atoms with Gasteiger partial charge in [0.15, 0.2) is 0 Å². The Morgan fingerprint density at radius 2 is 2.33 bits per heavy atom. The lowest BCUT2D eigenvalue weighted by molar-refractivity contribution is -0.0289. The molecule has 1 fully saturated rings. The van der Waals surface area contributed by atoms with Crippen molar-refractivity contribution in [3.05, 3.63) is 12.7 Å². The first kappa shape index (κ1) is 12.7. The average molecular weight is 211 g/mol. The van der Waals surface area contributed by atoms with Crippen LogP contribution in [0.15, 0.2) is 12.7 Å². The van der Waals surface area contributed by atoms with Gasteiger partial charge in [0.1, 0.15) is 0 Å². The summed E-state index contributed by atoms with van der Waals surface area (Å²) in [4.78, 5) is 0. The summed E-state index contributed by atoms with van der Waals surface area (Å²) in [7, 11) is 0. The summed E-state index contributed by atoms with van der Waals surface area (Å²) >= 11 is 0. The topological polar surface area (TPSA) is 21.3 Å². The molecule has 0 saturated heterocycles. The van der Waals surface area contributed by atoms with E-state index in [4.69, 9.17) is 4.74 Å². The molecule has 2 nitrogen and oxygen atoms in total. The van der Waals surface area contributed by atoms with Crippen molar-refractivity contribution in [2.45, 2.75) is 51.7 Å². The Bertz CT molecular complexity index is 181. The molecule has 2 heteroatoms. The first-order valence-electron chi connectivity index (χ1n) is 6.19. The summed E-state index contributed by atoms with van der Waals surface area (Å²) in [6.07, 6.45) is 7.90. The summed E-state index contributed by atoms with van der Waals surface area (Å²) in [5, 5.41) is 3.29. The van der Waals surface area contributed by atoms with Crippen molar-refractivity contribution in [2.24, 2.45) is 5.92 Å². The van der Waals surface area contributed by atoms with Crippen molar-refractivity contribution < 1.29 is 4.74 Å². The van der Waals surface area contributed by atoms with Gasteiger partial charge >= 0.3 is 0 Å². The smallest absolute Gasteiger partial charge is 0.0675 e. The van der Waals surface area contributed by atoms with Crippen LogP contribution in [0.25, 0.3) is 0 Å². The van der Waals surface area contributed by atoms with Crippen molar-refractivity contribution in [1.29, 1.82) is 0 Å². The summed E-state index contributed by atoms with van der Waals surface area (Å²) < 4.78 is 6.01. The maximum absolute atomic E-state index is 6.01. The van der Waals surface area contributed by atoms with Crippen LogP contribution in [0.4, 0.5) is 0 Å². The number of ether oxygens (including phenoxy) is 1. The minimum atomic E-state index is 0.320. The first-order chi connectivity index (χ1) is 7.22. The molecule has 1 saturated carbocycles. The Hall–Kier alpha value is -0.340. The quantitative estimate of drug-likeness (QED) is 0.539. The largest absolute Gasteiger partial charge is 0.374 e. The van der Waals surface area contributed by atoms with Gasteiger partial charge in [-0.1, -0.05) is 25.8 Å². The molecule has 0 aromatic carbocycles. The van der Waals surface area contributed by atoms with Gasteiger partial charge in [-0.2, -0.15) is 0 Å². The van der Waals surface area contributed by atoms with Gasteiger partial charge in [0.2, 0.25) is 0 Å². The fraction of sp³-hybridized carbons (Fsp3) is 0.846. The van der Waals surface area contributed by atoms with Gasteiger partial charge in [-0.3, -0.25) is 0 Å². The second-order valence-corrected chi connectivity index (χ2v) is 4.79. The third kappa shape index (κ3) is 5.33. The van der Waals surface area contributed by atoms with Crippen LogP contribution < -0.4 is 5.32 Å². The zero-order valence-corrected chi connectivity index (χ0v) is 10.2. The molecule has 0 aliphatic heterocycles. The predicted molar refractivity (Wildman–Crippen MR) is 65.0 cm³/mol. The van der Waals surface area contributed by atoms with Crippen LogP contribution in [0.3, 0.4) is 0 Å². The molecule has 1 N–H and O–H groups in total. The number of rotatable bonds is 6. The van der Waals surface area contributed by atoms with Gasteiger partial charge in [0.05, 0.1) is 12.2 Å². The fourth-order valence-corrected chi connectivity index (χ4v) is 2.27. The van der Waals surface area contributed by atoms with Crippen LogP contribution in [0.2, 0.25) is 0 Å². The van der Waals surface area contributed by atoms with Crippen molar-refractivity contribution in [3.8, 4) is 0 Å². The number of nitrogens with one attached hydrogen (secondary N) is 1. The molecular weight excluding hydrogens is 186 g/mol. The van der Waals surface area contributed by atoms with Crippen LogP contribution in [0.1, 0.15) is 39.5 Å². The molecule has 0 aromatic heterocycles. The van der Waals surface area contributed by atoms with Crippen LogP contribution in [-0.2, 0) is 4.74 Å². The average Bonchev–Trinajstić information content (AvgIpc) is 2.18. The standard InChI is InChI=1S/C13H25NO/c1-4-8-14-10-12(3)15-13-7-5-6-11(2)9-13/h4,11-14H,1,5-10H2,2-3H3. The monoisotopic (exact) mass is 211 g/mol. The molecule has 15 heavy (non-hydrogen) atoms. The third-order valence-corrected chi connectivity index (χ3v) is 3.03. The summed E-state index contributed by atoms with van der Waals surface area (Å²) in [6, 6.07) is 0. The van der Waals surface area contributed by atoms with Gasteiger partial charge in [0, 0.05) is 13.1 Å². The molecule has 0 aromatic rings. The van der Waals surface area contributed by atoms with Crippen LogP contribution in [-0.4, -0.2) is 25.3 Å². The number of hydrogen-bond donors (Lipinski definition) is 1. The highest BCUT2D eigenvalue weighted by Gasteiger charge is 2.20. The van der Waals surface area contributed by atoms with Gasteiger partial charge < -0.3 is 10.1 Å². The van der Waals surface area contributed by atoms with E-state index in [9.17, 15) is 0 Å². The molecule has 0 spiro atoms. The number of hydrogen-bond acceptors (Lipinski definition) is 2. The molecule has 0 amide bonds. The van der Waals surface area contributed by atoms with Crippen LogP contribution in [0.5, 0.6) is 0 Å². The summed E-state index contributed by atoms with van der Waals surface area (Å²) in [6.45, 7) is 9.95. The van der Waals surface area contributed by atoms with Crippen molar-refractivity contribution in [1.82, 2.24) is 5.32 Å². The third-order valence-electron chi connectivity index (χ3n) is 3.03. The molecule has 1 aliphatic carbocycles. The molecule has 1 aliphatic rings. The molecule has 88 valence electrons. The van der Waals surface area contributed by atoms with Gasteiger partial charge in [-0.25, -0.2) is 0 Å². The zero-order chi connectivity index (χ0) is 11.1. The second-order valence-electron chi connectivity index (χ2n) is 4.79. The molecule has 0 radical (unpaired) electrons. The molecular formula is C13H25NO. The minimum Gasteiger partial charge on any atom is -0.374 e. The van der Waals surface area contributed by atoms with E-state index in [1.54, 1.807) is 0 Å². The van der Waals surface area contributed by atoms with Crippen molar-refractivity contribution >= 4 is 0 Å². The van der Waals surface area contributed by atoms with E-state index < -0.39 is 0 Å². The zero-order valence-electron chi connectivity index (χ0n) is 10.2. The van der Waals surface area contributed by atoms with E-state index in [1.165, 1.54) is 25.7 Å². The first-order valence-corrected chi connectivity index (χ1v) is 6.19. The second kappa shape index (κ2) is 7.02. The maximum Gasteiger partial charge on any atom is 0.0675 e. The van der Waals surface area contributed by atoms with Gasteiger partial charge in [-0.05, 0) is 25.7 Å². The fourth-order valence-electron chi connectivity index (χ4n) is 2.27. The van der Waals surface area contributed by atoms with E-state index >= 15 is 0 Å². The summed E-state index contributed by atoms with van der Waals surface area (Å²) in [5.74, 6) is 0.845. The Labute approximate surface area is 94.1 Å². The summed E-state index contributed by atoms with van der Waals surface area (Å²) in [5.41, 5.74) is 0. The molecule has 0 heterocycles. The van der Waals surface area contributed by atoms with Crippen LogP contribution in [0, 0.1) is 5.92 Å². The van der Waals surface area contributed by atoms with Gasteiger partial charge in [-0.15, -0.1) is 6.58 Å². The van der Waals surface area contributed by atoms with E-state index in [-0.39, 0.29) is 0 Å². The lowest BCUT2D eigenvalue weighted by Gasteiger charge is -2.29. The van der Waals surface area contributed by atoms with Crippen molar-refractivity contribution in [3.63, 3.8) is 0 Å². The predicted octanol–water partition coefficient (Wildman–Crippen LogP) is 2.75. The highest BCUT2D eigenvalue weighted by atomic mass is 16.5. The lowest BCUT2D eigenvalue weighted by atomic mass is 9.88. The van der Waals surface area contributed by atoms with E-state index in [2.05, 4.69) is 25.7 Å². The van der Waals surface area contributed by atoms with Gasteiger partial charge in [0.25, 0.3) is 0 Å². The molecule has 0 bridgehead atoms. The lowest BCUT2D eigenvalue weighted by Crippen LogP contribution is -2.32. The van der Waals surface area contributed by atoms with E-state index in [1.807, 2.05) is 6.08 Å². The minimum absolute atomic E-state index is 0.320. The highest BCUT2D eigenvalue weighted by molar-refractivity contribution is 4.74. The van der Waals surface area contributed by atoms with E-state index in [0.29, 0.717) is 12.2 Å². The maximum atomic E-state index is 6.01. The molecule has 3 atom stereocenters. The SMILES string of the molecule is C=CCNCC(C)OC1CCCC(C)C1. The Kier molecular flexibility index (Phi) is 5.96. The Balaban J connectivity index is 2.13. The Morgan fingerprint density at radius 3 is 3.00 bits per heavy atom. The molecule has 3 unspecified atom stereocenters. The normalized spacial score (nSPS) is 28.7. The molecule has 1 rings (SSSR count). The van der Waals surface area contributed by atoms with Crippen molar-refractivity contribution in [2.75, 3.05) is 13.1 Å². The highest BCUT2D eigenvalue weighted by Crippen LogP contribution is 2.26. The van der Waals surface area contributed by atoms with E-state index in [0.717, 1.165) is 19.0 Å². The Morgan fingerprint density at radius 1 is 1.53 bits per heavy atom.